The molecule has 156 valence electrons. The molecule has 0 atom stereocenters. The van der Waals surface area contributed by atoms with Gasteiger partial charge in [0.1, 0.15) is 22.8 Å². The molecular formula is C21H14ClN3O6. The van der Waals surface area contributed by atoms with Crippen molar-refractivity contribution in [3.8, 4) is 17.1 Å². The van der Waals surface area contributed by atoms with Gasteiger partial charge in [-0.1, -0.05) is 17.7 Å². The quantitative estimate of drug-likeness (QED) is 0.274. The fourth-order valence-corrected chi connectivity index (χ4v) is 3.19. The molecule has 2 N–H and O–H groups in total. The average molecular weight is 440 g/mol. The number of anilines is 1. The minimum Gasteiger partial charge on any atom is -0.507 e. The van der Waals surface area contributed by atoms with Crippen LogP contribution in [0, 0.1) is 17.0 Å². The number of amides is 2. The van der Waals surface area contributed by atoms with Gasteiger partial charge in [-0.2, -0.15) is 0 Å². The van der Waals surface area contributed by atoms with E-state index in [1.165, 1.54) is 30.3 Å². The number of carbonyl (C=O) groups excluding carboxylic acids is 2. The van der Waals surface area contributed by atoms with Crippen molar-refractivity contribution >= 4 is 40.9 Å². The molecule has 10 heteroatoms. The number of aromatic hydroxyl groups is 1. The van der Waals surface area contributed by atoms with E-state index in [-0.39, 0.29) is 34.1 Å². The molecule has 2 amide bonds. The van der Waals surface area contributed by atoms with Crippen LogP contribution in [-0.4, -0.2) is 21.8 Å². The number of phenolic OH excluding ortho intramolecular Hbond substituents is 1. The summed E-state index contributed by atoms with van der Waals surface area (Å²) in [6, 6.07) is 11.4. The van der Waals surface area contributed by atoms with Gasteiger partial charge in [0.2, 0.25) is 0 Å². The normalized spacial score (nSPS) is 14.9. The van der Waals surface area contributed by atoms with E-state index < -0.39 is 16.7 Å². The number of nitro groups is 1. The van der Waals surface area contributed by atoms with E-state index >= 15 is 0 Å². The Kier molecular flexibility index (Phi) is 4.96. The number of aryl methyl sites for hydroxylation is 1. The van der Waals surface area contributed by atoms with E-state index in [1.807, 2.05) is 6.92 Å². The van der Waals surface area contributed by atoms with Crippen LogP contribution in [0.5, 0.6) is 5.75 Å². The molecule has 0 bridgehead atoms. The van der Waals surface area contributed by atoms with Gasteiger partial charge in [0.25, 0.3) is 17.5 Å². The SMILES string of the molecule is Cc1ccc(N2NC(=O)/C(=C/c3ccc(-c4cc([N+](=O)[O-])ccc4O)o3)C2=O)cc1Cl. The lowest BCUT2D eigenvalue weighted by Gasteiger charge is -2.15. The molecule has 0 spiro atoms. The first kappa shape index (κ1) is 20.2. The zero-order valence-electron chi connectivity index (χ0n) is 16.0. The number of nitrogens with zero attached hydrogens (tertiary/aromatic N) is 2. The third kappa shape index (κ3) is 3.74. The predicted molar refractivity (Wildman–Crippen MR) is 112 cm³/mol. The first-order valence-electron chi connectivity index (χ1n) is 8.95. The van der Waals surface area contributed by atoms with Gasteiger partial charge in [-0.15, -0.1) is 0 Å². The maximum absolute atomic E-state index is 12.7. The molecule has 0 aliphatic carbocycles. The van der Waals surface area contributed by atoms with Crippen LogP contribution in [0.25, 0.3) is 17.4 Å². The summed E-state index contributed by atoms with van der Waals surface area (Å²) < 4.78 is 5.59. The summed E-state index contributed by atoms with van der Waals surface area (Å²) in [5, 5.41) is 22.5. The molecule has 1 aromatic heterocycles. The second-order valence-electron chi connectivity index (χ2n) is 6.73. The minimum atomic E-state index is -0.627. The number of phenols is 1. The summed E-state index contributed by atoms with van der Waals surface area (Å²) in [7, 11) is 0. The summed E-state index contributed by atoms with van der Waals surface area (Å²) in [4.78, 5) is 35.5. The highest BCUT2D eigenvalue weighted by atomic mass is 35.5. The lowest BCUT2D eigenvalue weighted by Crippen LogP contribution is -2.35. The Bertz CT molecular complexity index is 1280. The lowest BCUT2D eigenvalue weighted by molar-refractivity contribution is -0.384. The van der Waals surface area contributed by atoms with Gasteiger partial charge >= 0.3 is 0 Å². The van der Waals surface area contributed by atoms with E-state index in [2.05, 4.69) is 5.43 Å². The fourth-order valence-electron chi connectivity index (χ4n) is 3.01. The monoisotopic (exact) mass is 439 g/mol. The van der Waals surface area contributed by atoms with Gasteiger partial charge in [0.15, 0.2) is 0 Å². The van der Waals surface area contributed by atoms with Crippen LogP contribution < -0.4 is 10.4 Å². The Morgan fingerprint density at radius 2 is 1.94 bits per heavy atom. The molecule has 1 aliphatic heterocycles. The van der Waals surface area contributed by atoms with E-state index in [0.717, 1.165) is 16.6 Å². The molecule has 1 aliphatic rings. The highest BCUT2D eigenvalue weighted by Gasteiger charge is 2.35. The molecule has 3 aromatic rings. The van der Waals surface area contributed by atoms with Crippen LogP contribution >= 0.6 is 11.6 Å². The van der Waals surface area contributed by atoms with Crippen molar-refractivity contribution in [2.24, 2.45) is 0 Å². The number of hydrogen-bond acceptors (Lipinski definition) is 6. The lowest BCUT2D eigenvalue weighted by atomic mass is 10.1. The summed E-state index contributed by atoms with van der Waals surface area (Å²) in [5.74, 6) is -1.14. The minimum absolute atomic E-state index is 0.108. The molecule has 31 heavy (non-hydrogen) atoms. The topological polar surface area (TPSA) is 126 Å². The number of rotatable bonds is 4. The van der Waals surface area contributed by atoms with Crippen molar-refractivity contribution in [1.82, 2.24) is 5.43 Å². The molecule has 2 heterocycles. The Morgan fingerprint density at radius 1 is 1.16 bits per heavy atom. The van der Waals surface area contributed by atoms with E-state index in [4.69, 9.17) is 16.0 Å². The van der Waals surface area contributed by atoms with E-state index in [0.29, 0.717) is 10.7 Å². The van der Waals surface area contributed by atoms with Gasteiger partial charge in [0.05, 0.1) is 16.2 Å². The van der Waals surface area contributed by atoms with Gasteiger partial charge in [-0.25, -0.2) is 5.01 Å². The zero-order valence-corrected chi connectivity index (χ0v) is 16.7. The van der Waals surface area contributed by atoms with Crippen molar-refractivity contribution in [1.29, 1.82) is 0 Å². The first-order valence-corrected chi connectivity index (χ1v) is 9.33. The number of benzene rings is 2. The van der Waals surface area contributed by atoms with E-state index in [1.54, 1.807) is 18.2 Å². The summed E-state index contributed by atoms with van der Waals surface area (Å²) in [6.45, 7) is 1.81. The maximum atomic E-state index is 12.7. The molecule has 0 radical (unpaired) electrons. The Balaban J connectivity index is 1.64. The Labute approximate surface area is 180 Å². The van der Waals surface area contributed by atoms with Crippen molar-refractivity contribution in [2.45, 2.75) is 6.92 Å². The van der Waals surface area contributed by atoms with Gasteiger partial charge in [-0.05, 0) is 48.9 Å². The number of hydrogen-bond donors (Lipinski definition) is 2. The number of furan rings is 1. The second-order valence-corrected chi connectivity index (χ2v) is 7.14. The summed E-state index contributed by atoms with van der Waals surface area (Å²) in [6.07, 6.45) is 1.26. The van der Waals surface area contributed by atoms with Gasteiger partial charge in [-0.3, -0.25) is 25.1 Å². The number of hydrazine groups is 1. The highest BCUT2D eigenvalue weighted by Crippen LogP contribution is 2.34. The van der Waals surface area contributed by atoms with Crippen LogP contribution in [0.3, 0.4) is 0 Å². The Morgan fingerprint density at radius 3 is 2.65 bits per heavy atom. The molecule has 1 saturated heterocycles. The molecule has 9 nitrogen and oxygen atoms in total. The number of halogens is 1. The van der Waals surface area contributed by atoms with E-state index in [9.17, 15) is 24.8 Å². The van der Waals surface area contributed by atoms with Crippen molar-refractivity contribution in [2.75, 3.05) is 5.01 Å². The van der Waals surface area contributed by atoms with Gasteiger partial charge < -0.3 is 9.52 Å². The van der Waals surface area contributed by atoms with Crippen LogP contribution in [0.2, 0.25) is 5.02 Å². The average Bonchev–Trinajstić information content (AvgIpc) is 3.30. The standard InChI is InChI=1S/C21H14ClN3O6/c1-11-2-3-12(9-17(11)22)24-21(28)16(20(27)23-24)10-14-5-7-19(31-14)15-8-13(25(29)30)4-6-18(15)26/h2-10,26H,1H3,(H,23,27)/b16-10-. The molecule has 0 unspecified atom stereocenters. The molecular weight excluding hydrogens is 426 g/mol. The zero-order chi connectivity index (χ0) is 22.3. The molecule has 2 aromatic carbocycles. The maximum Gasteiger partial charge on any atom is 0.282 e. The third-order valence-electron chi connectivity index (χ3n) is 4.67. The summed E-state index contributed by atoms with van der Waals surface area (Å²) >= 11 is 6.10. The smallest absolute Gasteiger partial charge is 0.282 e. The van der Waals surface area contributed by atoms with Crippen LogP contribution in [-0.2, 0) is 9.59 Å². The third-order valence-corrected chi connectivity index (χ3v) is 5.08. The van der Waals surface area contributed by atoms with Crippen LogP contribution in [0.4, 0.5) is 11.4 Å². The Hall–Kier alpha value is -4.11. The number of nitro benzene ring substituents is 1. The number of carbonyl (C=O) groups is 2. The van der Waals surface area contributed by atoms with Crippen molar-refractivity contribution < 1.29 is 24.0 Å². The predicted octanol–water partition coefficient (Wildman–Crippen LogP) is 3.98. The molecule has 0 saturated carbocycles. The van der Waals surface area contributed by atoms with Gasteiger partial charge in [0, 0.05) is 17.2 Å². The largest absolute Gasteiger partial charge is 0.507 e. The number of non-ortho nitro benzene ring substituents is 1. The van der Waals surface area contributed by atoms with Crippen molar-refractivity contribution in [3.63, 3.8) is 0 Å². The van der Waals surface area contributed by atoms with Crippen molar-refractivity contribution in [3.05, 3.63) is 80.6 Å². The first-order chi connectivity index (χ1) is 14.7. The fraction of sp³-hybridized carbons (Fsp3) is 0.0476. The second kappa shape index (κ2) is 7.62. The number of nitrogens with one attached hydrogen (secondary N) is 1. The summed E-state index contributed by atoms with van der Waals surface area (Å²) in [5.41, 5.74) is 3.42. The van der Waals surface area contributed by atoms with Crippen LogP contribution in [0.15, 0.2) is 58.5 Å². The molecule has 4 rings (SSSR count). The highest BCUT2D eigenvalue weighted by molar-refractivity contribution is 6.33. The molecule has 1 fully saturated rings. The van der Waals surface area contributed by atoms with Crippen LogP contribution in [0.1, 0.15) is 11.3 Å².